The van der Waals surface area contributed by atoms with Gasteiger partial charge in [-0.05, 0) is 53.2 Å². The van der Waals surface area contributed by atoms with E-state index in [9.17, 15) is 42.4 Å². The summed E-state index contributed by atoms with van der Waals surface area (Å²) in [6.45, 7) is 0.662. The summed E-state index contributed by atoms with van der Waals surface area (Å²) in [6, 6.07) is 3.29. The minimum atomic E-state index is -4.88. The Morgan fingerprint density at radius 3 is 2.27 bits per heavy atom. The van der Waals surface area contributed by atoms with E-state index >= 15 is 0 Å². The summed E-state index contributed by atoms with van der Waals surface area (Å²) >= 11 is 0. The van der Waals surface area contributed by atoms with Crippen LogP contribution in [0.15, 0.2) is 30.3 Å². The molecule has 3 amide bonds. The molecule has 0 saturated heterocycles. The largest absolute Gasteiger partial charge is 0.491 e. The van der Waals surface area contributed by atoms with E-state index in [0.717, 1.165) is 6.07 Å². The molecule has 2 aliphatic heterocycles. The molecule has 12 nitrogen and oxygen atoms in total. The number of hydrogen-bond donors (Lipinski definition) is 6. The van der Waals surface area contributed by atoms with Crippen molar-refractivity contribution in [1.82, 2.24) is 16.0 Å². The molecule has 2 aliphatic rings. The number of rotatable bonds is 9. The second kappa shape index (κ2) is 11.9. The van der Waals surface area contributed by atoms with Crippen LogP contribution in [0.1, 0.15) is 50.8 Å². The maximum atomic E-state index is 13.7. The predicted molar refractivity (Wildman–Crippen MR) is 136 cm³/mol. The first-order valence-electron chi connectivity index (χ1n) is 12.3. The number of benzene rings is 2. The maximum absolute atomic E-state index is 13.7. The summed E-state index contributed by atoms with van der Waals surface area (Å²) in [5.74, 6) is -3.96. The maximum Gasteiger partial charge on any atom is 0.491 e. The average Bonchev–Trinajstić information content (AvgIpc) is 3.47. The highest BCUT2D eigenvalue weighted by Gasteiger charge is 2.41. The van der Waals surface area contributed by atoms with Crippen LogP contribution in [0.3, 0.4) is 0 Å². The Kier molecular flexibility index (Phi) is 8.72. The number of carbonyl (C=O) groups excluding carboxylic acids is 3. The molecule has 41 heavy (non-hydrogen) atoms. The molecular weight excluding hydrogens is 553 g/mol. The molecule has 0 saturated carbocycles. The summed E-state index contributed by atoms with van der Waals surface area (Å²) in [5, 5.41) is 35.9. The predicted octanol–water partition coefficient (Wildman–Crippen LogP) is -1.35. The van der Waals surface area contributed by atoms with Crippen molar-refractivity contribution in [2.24, 2.45) is 0 Å². The number of fused-ring (bicyclic) bond motifs is 2. The summed E-state index contributed by atoms with van der Waals surface area (Å²) in [5.41, 5.74) is -1.15. The van der Waals surface area contributed by atoms with Crippen LogP contribution in [0.5, 0.6) is 0 Å². The fourth-order valence-electron chi connectivity index (χ4n) is 4.49. The molecule has 216 valence electrons. The van der Waals surface area contributed by atoms with Crippen molar-refractivity contribution < 1.29 is 56.8 Å². The highest BCUT2D eigenvalue weighted by Crippen LogP contribution is 2.34. The normalized spacial score (nSPS) is 15.6. The second-order valence-electron chi connectivity index (χ2n) is 9.48. The van der Waals surface area contributed by atoms with Gasteiger partial charge in [-0.15, -0.1) is 0 Å². The summed E-state index contributed by atoms with van der Waals surface area (Å²) in [7, 11) is -2.91. The molecule has 0 unspecified atom stereocenters. The molecule has 0 aromatic heterocycles. The lowest BCUT2D eigenvalue weighted by Gasteiger charge is -2.26. The number of carboxylic acids is 1. The van der Waals surface area contributed by atoms with Crippen molar-refractivity contribution >= 4 is 48.9 Å². The second-order valence-corrected chi connectivity index (χ2v) is 9.48. The molecule has 0 fully saturated rings. The molecule has 2 aromatic rings. The minimum absolute atomic E-state index is 0.0962. The van der Waals surface area contributed by atoms with Gasteiger partial charge < -0.3 is 40.4 Å². The lowest BCUT2D eigenvalue weighted by Crippen LogP contribution is -2.57. The van der Waals surface area contributed by atoms with E-state index in [4.69, 9.17) is 14.4 Å². The molecule has 2 atom stereocenters. The Morgan fingerprint density at radius 2 is 1.59 bits per heavy atom. The van der Waals surface area contributed by atoms with E-state index in [-0.39, 0.29) is 29.7 Å². The van der Waals surface area contributed by atoms with Gasteiger partial charge in [0.2, 0.25) is 5.91 Å². The number of hydrogen-bond acceptors (Lipinski definition) is 8. The van der Waals surface area contributed by atoms with Crippen LogP contribution < -0.4 is 26.9 Å². The lowest BCUT2D eigenvalue weighted by atomic mass is 9.77. The number of nitrogens with one attached hydrogen (secondary N) is 3. The first-order valence-corrected chi connectivity index (χ1v) is 12.3. The van der Waals surface area contributed by atoms with E-state index < -0.39 is 80.3 Å². The van der Waals surface area contributed by atoms with Gasteiger partial charge in [-0.3, -0.25) is 19.2 Å². The van der Waals surface area contributed by atoms with Gasteiger partial charge in [0.1, 0.15) is 6.04 Å². The van der Waals surface area contributed by atoms with Crippen molar-refractivity contribution in [3.05, 3.63) is 58.1 Å². The number of amides is 3. The fraction of sp³-hybridized carbons (Fsp3) is 0.333. The Bertz CT molecular complexity index is 1390. The monoisotopic (exact) mass is 577 g/mol. The van der Waals surface area contributed by atoms with Crippen molar-refractivity contribution in [2.45, 2.75) is 44.8 Å². The number of alkyl halides is 3. The number of halogens is 3. The zero-order valence-corrected chi connectivity index (χ0v) is 21.4. The third kappa shape index (κ3) is 6.70. The van der Waals surface area contributed by atoms with Gasteiger partial charge in [0.05, 0.1) is 31.2 Å². The molecule has 2 aromatic carbocycles. The van der Waals surface area contributed by atoms with Gasteiger partial charge in [0.25, 0.3) is 11.8 Å². The minimum Gasteiger partial charge on any atom is -0.481 e. The smallest absolute Gasteiger partial charge is 0.481 e. The van der Waals surface area contributed by atoms with Crippen LogP contribution in [-0.4, -0.2) is 71.7 Å². The van der Waals surface area contributed by atoms with Crippen molar-refractivity contribution in [3.8, 4) is 0 Å². The molecule has 0 aliphatic carbocycles. The molecule has 0 radical (unpaired) electrons. The van der Waals surface area contributed by atoms with Crippen molar-refractivity contribution in [1.29, 1.82) is 0 Å². The Hall–Kier alpha value is -3.92. The molecule has 2 heterocycles. The number of carbonyl (C=O) groups is 4. The first kappa shape index (κ1) is 30.0. The van der Waals surface area contributed by atoms with Crippen LogP contribution >= 0.6 is 0 Å². The topological polar surface area (TPSA) is 184 Å². The standard InChI is InChI=1S/C24H24B2F3N3O9/c1-11(31-21(35)12-2-3-13-9-40-25(38)17(13)7-12)20(23(37)30-5-4-19(33)34)32-22(36)14-6-16(24(27,28)29)15-10-41-26(39)18(15)8-14/h2-3,6-8,11,20,38-39H,4-5,9-10H2,1H3,(H,30,37)(H,31,35)(H,32,36)(H,33,34)/t11-,20-/m0/s1. The average molecular weight is 577 g/mol. The van der Waals surface area contributed by atoms with Gasteiger partial charge >= 0.3 is 26.4 Å². The van der Waals surface area contributed by atoms with E-state index in [1.54, 1.807) is 6.07 Å². The summed E-state index contributed by atoms with van der Waals surface area (Å²) in [4.78, 5) is 49.9. The molecule has 0 bridgehead atoms. The fourth-order valence-corrected chi connectivity index (χ4v) is 4.49. The van der Waals surface area contributed by atoms with Crippen LogP contribution in [0.2, 0.25) is 0 Å². The van der Waals surface area contributed by atoms with Gasteiger partial charge in [-0.2, -0.15) is 13.2 Å². The van der Waals surface area contributed by atoms with E-state index in [2.05, 4.69) is 16.0 Å². The Balaban J connectivity index is 1.57. The quantitative estimate of drug-likeness (QED) is 0.196. The van der Waals surface area contributed by atoms with Gasteiger partial charge in [0.15, 0.2) is 0 Å². The molecule has 17 heteroatoms. The molecule has 4 rings (SSSR count). The third-order valence-electron chi connectivity index (χ3n) is 6.64. The van der Waals surface area contributed by atoms with Crippen LogP contribution in [0.25, 0.3) is 0 Å². The summed E-state index contributed by atoms with van der Waals surface area (Å²) < 4.78 is 51.1. The van der Waals surface area contributed by atoms with Gasteiger partial charge in [-0.25, -0.2) is 0 Å². The van der Waals surface area contributed by atoms with Crippen molar-refractivity contribution in [3.63, 3.8) is 0 Å². The number of carboxylic acid groups (broad SMARTS) is 1. The van der Waals surface area contributed by atoms with Gasteiger partial charge in [-0.1, -0.05) is 6.07 Å². The van der Waals surface area contributed by atoms with Crippen LogP contribution in [-0.2, 0) is 38.3 Å². The SMILES string of the molecule is C[C@H](NC(=O)c1ccc2c(c1)B(O)OC2)[C@H](NC(=O)c1cc2c(c(C(F)(F)F)c1)COB2O)C(=O)NCCC(=O)O. The number of aliphatic carboxylic acids is 1. The third-order valence-corrected chi connectivity index (χ3v) is 6.64. The molecule has 6 N–H and O–H groups in total. The lowest BCUT2D eigenvalue weighted by molar-refractivity contribution is -0.139. The highest BCUT2D eigenvalue weighted by atomic mass is 19.4. The van der Waals surface area contributed by atoms with Gasteiger partial charge in [0, 0.05) is 17.7 Å². The van der Waals surface area contributed by atoms with E-state index in [0.29, 0.717) is 17.1 Å². The Labute approximate surface area is 231 Å². The first-order chi connectivity index (χ1) is 19.3. The summed E-state index contributed by atoms with van der Waals surface area (Å²) in [6.07, 6.45) is -5.33. The zero-order valence-electron chi connectivity index (χ0n) is 21.4. The van der Waals surface area contributed by atoms with Crippen LogP contribution in [0, 0.1) is 0 Å². The van der Waals surface area contributed by atoms with E-state index in [1.165, 1.54) is 19.1 Å². The Morgan fingerprint density at radius 1 is 0.951 bits per heavy atom. The molecular formula is C24H24B2F3N3O9. The van der Waals surface area contributed by atoms with E-state index in [1.807, 2.05) is 0 Å². The van der Waals surface area contributed by atoms with Crippen molar-refractivity contribution in [2.75, 3.05) is 6.54 Å². The molecule has 0 spiro atoms. The zero-order chi connectivity index (χ0) is 30.1. The highest BCUT2D eigenvalue weighted by molar-refractivity contribution is 6.62. The van der Waals surface area contributed by atoms with Crippen LogP contribution in [0.4, 0.5) is 13.2 Å².